The summed E-state index contributed by atoms with van der Waals surface area (Å²) in [5.41, 5.74) is 0.958. The third kappa shape index (κ3) is 3.78. The van der Waals surface area contributed by atoms with E-state index in [1.807, 2.05) is 12.1 Å². The average Bonchev–Trinajstić information content (AvgIpc) is 2.98. The second-order valence-electron chi connectivity index (χ2n) is 5.63. The number of carbonyl (C=O) groups excluding carboxylic acids is 1. The molecule has 3 rings (SSSR count). The molecule has 0 aliphatic heterocycles. The van der Waals surface area contributed by atoms with Gasteiger partial charge in [0.15, 0.2) is 28.4 Å². The molecular formula is C18H14ClF2N3OS. The molecule has 0 aliphatic carbocycles. The van der Waals surface area contributed by atoms with Gasteiger partial charge in [0.05, 0.1) is 5.25 Å². The number of ketones is 1. The molecule has 0 N–H and O–H groups in total. The summed E-state index contributed by atoms with van der Waals surface area (Å²) in [5.74, 6) is -1.71. The van der Waals surface area contributed by atoms with Crippen LogP contribution < -0.4 is 0 Å². The molecule has 8 heteroatoms. The van der Waals surface area contributed by atoms with Crippen LogP contribution in [0.15, 0.2) is 47.6 Å². The second-order valence-corrected chi connectivity index (χ2v) is 7.37. The Kier molecular flexibility index (Phi) is 5.38. The van der Waals surface area contributed by atoms with E-state index >= 15 is 0 Å². The quantitative estimate of drug-likeness (QED) is 0.462. The van der Waals surface area contributed by atoms with Gasteiger partial charge in [0.25, 0.3) is 0 Å². The van der Waals surface area contributed by atoms with Gasteiger partial charge in [-0.05, 0) is 49.4 Å². The van der Waals surface area contributed by atoms with E-state index in [0.29, 0.717) is 16.0 Å². The Bertz CT molecular complexity index is 960. The number of hydrogen-bond donors (Lipinski definition) is 0. The molecule has 0 amide bonds. The second kappa shape index (κ2) is 7.55. The van der Waals surface area contributed by atoms with Gasteiger partial charge in [0.2, 0.25) is 0 Å². The zero-order valence-electron chi connectivity index (χ0n) is 13.9. The molecule has 0 saturated heterocycles. The van der Waals surface area contributed by atoms with Crippen LogP contribution in [0.3, 0.4) is 0 Å². The third-order valence-electron chi connectivity index (χ3n) is 3.79. The predicted molar refractivity (Wildman–Crippen MR) is 97.5 cm³/mol. The summed E-state index contributed by atoms with van der Waals surface area (Å²) in [4.78, 5) is 12.5. The van der Waals surface area contributed by atoms with Crippen molar-refractivity contribution in [3.63, 3.8) is 0 Å². The standard InChI is InChI=1S/C18H14ClF2N3OS/c1-10(16(25)12-5-8-14(20)15(21)9-12)26-18-23-22-17(24(18)2)11-3-6-13(19)7-4-11/h3-10H,1-2H3/t10-/m1/s1. The van der Waals surface area contributed by atoms with Gasteiger partial charge in [-0.1, -0.05) is 23.4 Å². The van der Waals surface area contributed by atoms with Gasteiger partial charge >= 0.3 is 0 Å². The van der Waals surface area contributed by atoms with Crippen LogP contribution in [0.1, 0.15) is 17.3 Å². The lowest BCUT2D eigenvalue weighted by molar-refractivity contribution is 0.0993. The molecule has 26 heavy (non-hydrogen) atoms. The molecular weight excluding hydrogens is 380 g/mol. The first-order valence-corrected chi connectivity index (χ1v) is 8.94. The van der Waals surface area contributed by atoms with Gasteiger partial charge in [-0.15, -0.1) is 10.2 Å². The van der Waals surface area contributed by atoms with Gasteiger partial charge in [-0.2, -0.15) is 0 Å². The molecule has 0 unspecified atom stereocenters. The summed E-state index contributed by atoms with van der Waals surface area (Å²) in [6, 6.07) is 10.3. The Hall–Kier alpha value is -2.25. The van der Waals surface area contributed by atoms with Crippen LogP contribution in [-0.2, 0) is 7.05 Å². The van der Waals surface area contributed by atoms with Crippen LogP contribution >= 0.6 is 23.4 Å². The van der Waals surface area contributed by atoms with Crippen LogP contribution in [0.25, 0.3) is 11.4 Å². The first-order valence-electron chi connectivity index (χ1n) is 7.68. The normalized spacial score (nSPS) is 12.2. The first kappa shape index (κ1) is 18.5. The number of Topliss-reactive ketones (excluding diaryl/α,β-unsaturated/α-hetero) is 1. The molecule has 0 saturated carbocycles. The van der Waals surface area contributed by atoms with E-state index in [1.165, 1.54) is 17.8 Å². The lowest BCUT2D eigenvalue weighted by Gasteiger charge is -2.10. The fourth-order valence-corrected chi connectivity index (χ4v) is 3.38. The largest absolute Gasteiger partial charge is 0.305 e. The van der Waals surface area contributed by atoms with Gasteiger partial charge in [0, 0.05) is 23.2 Å². The van der Waals surface area contributed by atoms with E-state index in [-0.39, 0.29) is 11.3 Å². The number of hydrogen-bond acceptors (Lipinski definition) is 4. The molecule has 1 aromatic heterocycles. The smallest absolute Gasteiger partial charge is 0.191 e. The summed E-state index contributed by atoms with van der Waals surface area (Å²) < 4.78 is 28.1. The van der Waals surface area contributed by atoms with Crippen LogP contribution in [0.4, 0.5) is 8.78 Å². The van der Waals surface area contributed by atoms with E-state index in [0.717, 1.165) is 17.7 Å². The Morgan fingerprint density at radius 1 is 1.12 bits per heavy atom. The molecule has 0 bridgehead atoms. The van der Waals surface area contributed by atoms with Gasteiger partial charge in [-0.3, -0.25) is 4.79 Å². The Morgan fingerprint density at radius 3 is 2.46 bits per heavy atom. The lowest BCUT2D eigenvalue weighted by atomic mass is 10.1. The summed E-state index contributed by atoms with van der Waals surface area (Å²) >= 11 is 7.09. The predicted octanol–water partition coefficient (Wildman–Crippen LogP) is 4.78. The highest BCUT2D eigenvalue weighted by Crippen LogP contribution is 2.28. The monoisotopic (exact) mass is 393 g/mol. The number of aromatic nitrogens is 3. The topological polar surface area (TPSA) is 47.8 Å². The van der Waals surface area contributed by atoms with Gasteiger partial charge < -0.3 is 4.57 Å². The Morgan fingerprint density at radius 2 is 1.81 bits per heavy atom. The number of carbonyl (C=O) groups is 1. The molecule has 0 aliphatic rings. The summed E-state index contributed by atoms with van der Waals surface area (Å²) in [6.45, 7) is 1.69. The van der Waals surface area contributed by atoms with Gasteiger partial charge in [-0.25, -0.2) is 8.78 Å². The van der Waals surface area contributed by atoms with Crippen molar-refractivity contribution in [3.05, 3.63) is 64.7 Å². The Balaban J connectivity index is 1.79. The Labute approximate surface area is 158 Å². The van der Waals surface area contributed by atoms with Crippen molar-refractivity contribution in [2.45, 2.75) is 17.3 Å². The molecule has 4 nitrogen and oxygen atoms in total. The highest BCUT2D eigenvalue weighted by molar-refractivity contribution is 8.00. The minimum Gasteiger partial charge on any atom is -0.305 e. The zero-order chi connectivity index (χ0) is 18.8. The molecule has 1 atom stereocenters. The maximum absolute atomic E-state index is 13.3. The molecule has 0 radical (unpaired) electrons. The van der Waals surface area contributed by atoms with E-state index < -0.39 is 16.9 Å². The van der Waals surface area contributed by atoms with Crippen LogP contribution in [0.2, 0.25) is 5.02 Å². The van der Waals surface area contributed by atoms with E-state index in [4.69, 9.17) is 11.6 Å². The number of nitrogens with zero attached hydrogens (tertiary/aromatic N) is 3. The molecule has 2 aromatic carbocycles. The van der Waals surface area contributed by atoms with E-state index in [2.05, 4.69) is 10.2 Å². The minimum atomic E-state index is -1.04. The number of rotatable bonds is 5. The van der Waals surface area contributed by atoms with Crippen molar-refractivity contribution in [3.8, 4) is 11.4 Å². The highest BCUT2D eigenvalue weighted by atomic mass is 35.5. The van der Waals surface area contributed by atoms with Crippen LogP contribution in [0, 0.1) is 11.6 Å². The first-order chi connectivity index (χ1) is 12.4. The van der Waals surface area contributed by atoms with E-state index in [1.54, 1.807) is 30.7 Å². The maximum Gasteiger partial charge on any atom is 0.191 e. The number of benzene rings is 2. The van der Waals surface area contributed by atoms with Gasteiger partial charge in [0.1, 0.15) is 0 Å². The average molecular weight is 394 g/mol. The molecule has 134 valence electrons. The lowest BCUT2D eigenvalue weighted by Crippen LogP contribution is -2.15. The highest BCUT2D eigenvalue weighted by Gasteiger charge is 2.21. The van der Waals surface area contributed by atoms with Crippen molar-refractivity contribution < 1.29 is 13.6 Å². The summed E-state index contributed by atoms with van der Waals surface area (Å²) in [5, 5.41) is 8.89. The van der Waals surface area contributed by atoms with Crippen molar-refractivity contribution in [1.82, 2.24) is 14.8 Å². The molecule has 0 fully saturated rings. The summed E-state index contributed by atoms with van der Waals surface area (Å²) in [7, 11) is 1.79. The zero-order valence-corrected chi connectivity index (χ0v) is 15.5. The SMILES string of the molecule is C[C@@H](Sc1nnc(-c2ccc(Cl)cc2)n1C)C(=O)c1ccc(F)c(F)c1. The molecule has 0 spiro atoms. The maximum atomic E-state index is 13.3. The van der Waals surface area contributed by atoms with E-state index in [9.17, 15) is 13.6 Å². The molecule has 1 heterocycles. The summed E-state index contributed by atoms with van der Waals surface area (Å²) in [6.07, 6.45) is 0. The molecule has 3 aromatic rings. The fourth-order valence-electron chi connectivity index (χ4n) is 2.36. The van der Waals surface area contributed by atoms with Crippen molar-refractivity contribution >= 4 is 29.1 Å². The van der Waals surface area contributed by atoms with Crippen molar-refractivity contribution in [2.75, 3.05) is 0 Å². The fraction of sp³-hybridized carbons (Fsp3) is 0.167. The van der Waals surface area contributed by atoms with Crippen LogP contribution in [0.5, 0.6) is 0 Å². The van der Waals surface area contributed by atoms with Crippen LogP contribution in [-0.4, -0.2) is 25.8 Å². The number of halogens is 3. The third-order valence-corrected chi connectivity index (χ3v) is 5.18. The number of thioether (sulfide) groups is 1. The minimum absolute atomic E-state index is 0.115. The van der Waals surface area contributed by atoms with Crippen molar-refractivity contribution in [1.29, 1.82) is 0 Å². The van der Waals surface area contributed by atoms with Crippen molar-refractivity contribution in [2.24, 2.45) is 7.05 Å².